The number of aryl methyl sites for hydroxylation is 2. The quantitative estimate of drug-likeness (QED) is 0.0860. The number of nitrogens with zero attached hydrogens (tertiary/aromatic N) is 11. The highest BCUT2D eigenvalue weighted by Crippen LogP contribution is 2.41. The van der Waals surface area contributed by atoms with Gasteiger partial charge in [0, 0.05) is 109 Å². The second-order valence-corrected chi connectivity index (χ2v) is 30.9. The zero-order valence-electron chi connectivity index (χ0n) is 52.6. The Morgan fingerprint density at radius 3 is 1.45 bits per heavy atom. The third kappa shape index (κ3) is 14.3. The van der Waals surface area contributed by atoms with Gasteiger partial charge in [0.05, 0.1) is 14.7 Å². The number of sulfonamides is 3. The maximum Gasteiger partial charge on any atom is 0.263 e. The van der Waals surface area contributed by atoms with Gasteiger partial charge in [0.15, 0.2) is 10.9 Å². The van der Waals surface area contributed by atoms with Gasteiger partial charge in [-0.3, -0.25) is 28.5 Å². The fourth-order valence-electron chi connectivity index (χ4n) is 13.4. The number of aromatic nitrogens is 5. The molecule has 9 heterocycles. The molecule has 3 aromatic heterocycles. The number of halogens is 3. The third-order valence-corrected chi connectivity index (χ3v) is 23.4. The minimum atomic E-state index is -3.94. The van der Waals surface area contributed by atoms with E-state index in [1.54, 1.807) is 62.7 Å². The van der Waals surface area contributed by atoms with Gasteiger partial charge >= 0.3 is 0 Å². The molecule has 23 nitrogen and oxygen atoms in total. The van der Waals surface area contributed by atoms with Gasteiger partial charge in [-0.25, -0.2) is 40.2 Å². The maximum absolute atomic E-state index is 13.3. The number of hydrogen-bond donors (Lipinski definition) is 3. The standard InChI is InChI=1S/C23H21ClFN5O3S.C23H22ClN5O3S.C22H22N4O3S2.H2/c24-16-3-8-19-15(14-16)2-1-12-30(19)20-11-13-29(23(20)31)17-4-6-18(7-5-17)34(32,33)28-22-10-9-21(25)26-27-22;24-17-3-8-20-16(14-17)2-1-12-29(20)21-10-13-28(23(21)30)18-4-6-19(7-5-18)33(31,32)27-22-9-11-25-15-26-22;1-15-14-26(19-5-3-2-4-18(15)19)20-10-12-25(21(20)27)16-6-8-17(9-7-16)31(28,29)24-22-23-11-13-30-22;/h3-10,14,20H,1-2,11-13H2,(H,27,28);3-9,11,14-15,21H,1-2,10,12-13H2,(H,25,26,27);2-9,11,13,15,20H,10,12,14H2,1H3,(H,23,24);1H/t20-;21-;15?,20-;/m010./s1. The monoisotopic (exact) mass is 1440 g/mol. The zero-order valence-corrected chi connectivity index (χ0v) is 57.4. The summed E-state index contributed by atoms with van der Waals surface area (Å²) >= 11 is 13.5. The molecule has 0 aliphatic carbocycles. The van der Waals surface area contributed by atoms with Gasteiger partial charge in [-0.1, -0.05) is 48.3 Å². The van der Waals surface area contributed by atoms with Gasteiger partial charge in [-0.05, 0) is 195 Å². The molecule has 0 radical (unpaired) electrons. The van der Waals surface area contributed by atoms with Gasteiger partial charge in [0.2, 0.25) is 23.7 Å². The SMILES string of the molecule is CC1CN([C@H]2CCN(c3ccc(S(=O)(=O)Nc4nccs4)cc3)C2=O)c2ccccc21.O=C1[C@@H](N2CCCc3cc(Cl)ccc32)CCN1c1ccc(S(=O)(=O)Nc2ccc(F)nn2)cc1.O=C1[C@H](N2CCCc3cc(Cl)ccc32)CCN1c1ccc(S(=O)(=O)Nc2ccncn2)cc1.[HH]. The Hall–Kier alpha value is -9.32. The molecule has 98 heavy (non-hydrogen) atoms. The van der Waals surface area contributed by atoms with Crippen LogP contribution in [0.1, 0.15) is 63.1 Å². The van der Waals surface area contributed by atoms with Crippen LogP contribution in [0, 0.1) is 5.95 Å². The fraction of sp³-hybridized carbons (Fsp3) is 0.265. The van der Waals surface area contributed by atoms with Crippen molar-refractivity contribution in [1.29, 1.82) is 0 Å². The van der Waals surface area contributed by atoms with E-state index in [1.165, 1.54) is 83.5 Å². The molecule has 15 rings (SSSR count). The number of fused-ring (bicyclic) bond motifs is 3. The molecule has 4 atom stereocenters. The number of nitrogens with one attached hydrogen (secondary N) is 3. The van der Waals surface area contributed by atoms with Crippen molar-refractivity contribution in [3.8, 4) is 0 Å². The molecule has 9 aromatic rings. The van der Waals surface area contributed by atoms with Crippen LogP contribution in [-0.4, -0.2) is 126 Å². The summed E-state index contributed by atoms with van der Waals surface area (Å²) in [6.07, 6.45) is 10.2. The number of carbonyl (C=O) groups excluding carboxylic acids is 3. The van der Waals surface area contributed by atoms with Crippen molar-refractivity contribution in [2.24, 2.45) is 0 Å². The summed E-state index contributed by atoms with van der Waals surface area (Å²) < 4.78 is 95.6. The summed E-state index contributed by atoms with van der Waals surface area (Å²) in [5.41, 5.74) is 8.89. The number of amides is 3. The first kappa shape index (κ1) is 67.3. The molecule has 0 spiro atoms. The lowest BCUT2D eigenvalue weighted by atomic mass is 9.99. The third-order valence-electron chi connectivity index (χ3n) is 18.0. The Balaban J connectivity index is 0.000000140. The molecular weight excluding hydrogens is 1380 g/mol. The van der Waals surface area contributed by atoms with Crippen LogP contribution in [0.15, 0.2) is 190 Å². The van der Waals surface area contributed by atoms with Crippen LogP contribution >= 0.6 is 34.5 Å². The lowest BCUT2D eigenvalue weighted by molar-refractivity contribution is -0.119. The molecule has 0 bridgehead atoms. The van der Waals surface area contributed by atoms with Gasteiger partial charge in [-0.15, -0.1) is 21.5 Å². The average molecular weight is 1440 g/mol. The predicted octanol–water partition coefficient (Wildman–Crippen LogP) is 11.0. The lowest BCUT2D eigenvalue weighted by Gasteiger charge is -2.35. The molecule has 1 unspecified atom stereocenters. The average Bonchev–Trinajstić information content (AvgIpc) is 1.71. The number of rotatable bonds is 15. The van der Waals surface area contributed by atoms with E-state index in [2.05, 4.69) is 73.1 Å². The van der Waals surface area contributed by atoms with E-state index in [4.69, 9.17) is 23.2 Å². The summed E-state index contributed by atoms with van der Waals surface area (Å²) in [4.78, 5) is 63.4. The maximum atomic E-state index is 13.3. The topological polar surface area (TPSA) is 274 Å². The van der Waals surface area contributed by atoms with E-state index >= 15 is 0 Å². The van der Waals surface area contributed by atoms with Crippen molar-refractivity contribution in [1.82, 2.24) is 25.1 Å². The van der Waals surface area contributed by atoms with E-state index < -0.39 is 36.0 Å². The fourth-order valence-corrected chi connectivity index (χ4v) is 17.6. The smallest absolute Gasteiger partial charge is 0.263 e. The minimum absolute atomic E-state index is 0. The van der Waals surface area contributed by atoms with Crippen LogP contribution in [0.2, 0.25) is 10.0 Å². The van der Waals surface area contributed by atoms with E-state index in [-0.39, 0.29) is 63.6 Å². The Kier molecular flexibility index (Phi) is 19.4. The van der Waals surface area contributed by atoms with Crippen LogP contribution in [0.3, 0.4) is 0 Å². The number of anilines is 9. The van der Waals surface area contributed by atoms with Crippen LogP contribution in [0.5, 0.6) is 0 Å². The lowest BCUT2D eigenvalue weighted by Crippen LogP contribution is -2.44. The zero-order chi connectivity index (χ0) is 68.5. The van der Waals surface area contributed by atoms with Gasteiger partial charge in [-0.2, -0.15) is 4.39 Å². The Morgan fingerprint density at radius 2 is 0.990 bits per heavy atom. The molecule has 6 aliphatic rings. The number of benzene rings is 6. The highest BCUT2D eigenvalue weighted by atomic mass is 35.5. The van der Waals surface area contributed by atoms with E-state index in [0.29, 0.717) is 70.6 Å². The second kappa shape index (κ2) is 28.3. The molecule has 30 heteroatoms. The summed E-state index contributed by atoms with van der Waals surface area (Å²) in [5.74, 6) is -0.252. The second-order valence-electron chi connectivity index (χ2n) is 24.1. The Bertz CT molecular complexity index is 4800. The first-order valence-electron chi connectivity index (χ1n) is 31.6. The van der Waals surface area contributed by atoms with E-state index in [0.717, 1.165) is 80.4 Å². The van der Waals surface area contributed by atoms with Crippen LogP contribution in [0.25, 0.3) is 0 Å². The minimum Gasteiger partial charge on any atom is -0.359 e. The van der Waals surface area contributed by atoms with Crippen molar-refractivity contribution < 1.29 is 45.5 Å². The molecule has 508 valence electrons. The first-order chi connectivity index (χ1) is 47.2. The Labute approximate surface area is 581 Å². The molecule has 6 aliphatic heterocycles. The first-order valence-corrected chi connectivity index (χ1v) is 37.7. The normalized spacial score (nSPS) is 19.1. The largest absolute Gasteiger partial charge is 0.359 e. The van der Waals surface area contributed by atoms with Gasteiger partial charge in [0.1, 0.15) is 30.3 Å². The molecule has 3 amide bonds. The highest BCUT2D eigenvalue weighted by molar-refractivity contribution is 7.93. The summed E-state index contributed by atoms with van der Waals surface area (Å²) in [6, 6.07) is 41.7. The summed E-state index contributed by atoms with van der Waals surface area (Å²) in [6.45, 7) is 6.38. The number of thiazole rings is 1. The van der Waals surface area contributed by atoms with Crippen LogP contribution < -0.4 is 43.6 Å². The predicted molar refractivity (Wildman–Crippen MR) is 379 cm³/mol. The number of carbonyl (C=O) groups is 3. The molecule has 3 saturated heterocycles. The van der Waals surface area contributed by atoms with Gasteiger partial charge < -0.3 is 29.4 Å². The highest BCUT2D eigenvalue weighted by Gasteiger charge is 2.43. The van der Waals surface area contributed by atoms with E-state index in [1.807, 2.05) is 48.5 Å². The number of para-hydroxylation sites is 1. The molecule has 3 fully saturated rings. The van der Waals surface area contributed by atoms with Crippen molar-refractivity contribution in [3.05, 3.63) is 208 Å². The summed E-state index contributed by atoms with van der Waals surface area (Å²) in [5, 5.41) is 10.1. The van der Waals surface area contributed by atoms with Crippen LogP contribution in [-0.2, 0) is 57.3 Å². The molecule has 0 saturated carbocycles. The molecule has 3 N–H and O–H groups in total. The Morgan fingerprint density at radius 1 is 0.510 bits per heavy atom. The van der Waals surface area contributed by atoms with Crippen molar-refractivity contribution in [2.75, 3.05) is 82.8 Å². The van der Waals surface area contributed by atoms with E-state index in [9.17, 15) is 44.0 Å². The molecular formula is C68H67Cl2FN14O9S4. The van der Waals surface area contributed by atoms with Crippen molar-refractivity contribution >= 4 is 133 Å². The summed E-state index contributed by atoms with van der Waals surface area (Å²) in [7, 11) is -11.5. The van der Waals surface area contributed by atoms with Gasteiger partial charge in [0.25, 0.3) is 30.1 Å². The van der Waals surface area contributed by atoms with Crippen molar-refractivity contribution in [3.63, 3.8) is 0 Å². The van der Waals surface area contributed by atoms with Crippen LogP contribution in [0.4, 0.5) is 55.3 Å². The molecule has 6 aromatic carbocycles. The van der Waals surface area contributed by atoms with Crippen molar-refractivity contribution in [2.45, 2.75) is 90.6 Å². The number of hydrogen-bond acceptors (Lipinski definition) is 18.